The van der Waals surface area contributed by atoms with Crippen LogP contribution in [0, 0.1) is 0 Å². The fourth-order valence-corrected chi connectivity index (χ4v) is 3.38. The van der Waals surface area contributed by atoms with E-state index in [4.69, 9.17) is 0 Å². The SMILES string of the molecule is O=C1CCC(n2cc(-c3ccc(N4CCNCC4)cc3)cn2)C(=O)N1. The van der Waals surface area contributed by atoms with Gasteiger partial charge in [-0.2, -0.15) is 5.10 Å². The summed E-state index contributed by atoms with van der Waals surface area (Å²) in [5.74, 6) is -0.489. The van der Waals surface area contributed by atoms with E-state index in [9.17, 15) is 9.59 Å². The van der Waals surface area contributed by atoms with Crippen LogP contribution in [0.25, 0.3) is 11.1 Å². The molecule has 0 spiro atoms. The molecule has 2 aliphatic rings. The van der Waals surface area contributed by atoms with Gasteiger partial charge in [0.1, 0.15) is 6.04 Å². The molecule has 2 N–H and O–H groups in total. The van der Waals surface area contributed by atoms with Crippen LogP contribution in [0.4, 0.5) is 5.69 Å². The van der Waals surface area contributed by atoms with Gasteiger partial charge in [0.25, 0.3) is 5.91 Å². The minimum absolute atomic E-state index is 0.211. The van der Waals surface area contributed by atoms with E-state index in [0.717, 1.165) is 37.3 Å². The molecule has 0 aliphatic carbocycles. The van der Waals surface area contributed by atoms with Gasteiger partial charge in [-0.05, 0) is 24.1 Å². The number of carbonyl (C=O) groups is 2. The lowest BCUT2D eigenvalue weighted by molar-refractivity contribution is -0.135. The summed E-state index contributed by atoms with van der Waals surface area (Å²) in [4.78, 5) is 25.6. The topological polar surface area (TPSA) is 79.3 Å². The number of rotatable bonds is 3. The maximum absolute atomic E-state index is 12.0. The molecule has 1 aromatic carbocycles. The van der Waals surface area contributed by atoms with Crippen molar-refractivity contribution >= 4 is 17.5 Å². The first-order chi connectivity index (χ1) is 12.2. The van der Waals surface area contributed by atoms with Crippen molar-refractivity contribution in [2.75, 3.05) is 31.1 Å². The smallest absolute Gasteiger partial charge is 0.251 e. The van der Waals surface area contributed by atoms with Crippen LogP contribution in [0.5, 0.6) is 0 Å². The van der Waals surface area contributed by atoms with Crippen molar-refractivity contribution in [3.8, 4) is 11.1 Å². The van der Waals surface area contributed by atoms with Crippen LogP contribution in [0.15, 0.2) is 36.7 Å². The predicted octanol–water partition coefficient (Wildman–Crippen LogP) is 0.937. The standard InChI is InChI=1S/C18H21N5O2/c24-17-6-5-16(18(25)21-17)23-12-14(11-20-23)13-1-3-15(4-2-13)22-9-7-19-8-10-22/h1-4,11-12,16,19H,5-10H2,(H,21,24,25). The molecule has 7 heteroatoms. The second kappa shape index (κ2) is 6.68. The number of imide groups is 1. The fraction of sp³-hybridized carbons (Fsp3) is 0.389. The highest BCUT2D eigenvalue weighted by atomic mass is 16.2. The second-order valence-electron chi connectivity index (χ2n) is 6.46. The molecule has 2 fully saturated rings. The zero-order valence-electron chi connectivity index (χ0n) is 13.9. The zero-order valence-corrected chi connectivity index (χ0v) is 13.9. The Morgan fingerprint density at radius 1 is 1.04 bits per heavy atom. The number of piperazine rings is 1. The molecule has 25 heavy (non-hydrogen) atoms. The lowest BCUT2D eigenvalue weighted by atomic mass is 10.1. The molecule has 2 saturated heterocycles. The van der Waals surface area contributed by atoms with Crippen LogP contribution >= 0.6 is 0 Å². The van der Waals surface area contributed by atoms with Gasteiger partial charge in [0.15, 0.2) is 0 Å². The molecule has 130 valence electrons. The van der Waals surface area contributed by atoms with Crippen molar-refractivity contribution in [1.29, 1.82) is 0 Å². The molecule has 2 aromatic rings. The second-order valence-corrected chi connectivity index (χ2v) is 6.46. The maximum Gasteiger partial charge on any atom is 0.251 e. The Morgan fingerprint density at radius 2 is 1.80 bits per heavy atom. The summed E-state index contributed by atoms with van der Waals surface area (Å²) in [6.07, 6.45) is 4.49. The molecule has 1 atom stereocenters. The molecule has 1 aromatic heterocycles. The number of carbonyl (C=O) groups excluding carboxylic acids is 2. The zero-order chi connectivity index (χ0) is 17.2. The van der Waals surface area contributed by atoms with E-state index < -0.39 is 6.04 Å². The molecule has 0 radical (unpaired) electrons. The van der Waals surface area contributed by atoms with Crippen molar-refractivity contribution < 1.29 is 9.59 Å². The molecule has 7 nitrogen and oxygen atoms in total. The number of anilines is 1. The largest absolute Gasteiger partial charge is 0.369 e. The van der Waals surface area contributed by atoms with Gasteiger partial charge in [-0.25, -0.2) is 0 Å². The van der Waals surface area contributed by atoms with E-state index in [1.807, 2.05) is 6.20 Å². The average molecular weight is 339 g/mol. The van der Waals surface area contributed by atoms with Gasteiger partial charge in [-0.1, -0.05) is 12.1 Å². The van der Waals surface area contributed by atoms with Crippen LogP contribution in [-0.2, 0) is 9.59 Å². The summed E-state index contributed by atoms with van der Waals surface area (Å²) >= 11 is 0. The summed E-state index contributed by atoms with van der Waals surface area (Å²) < 4.78 is 1.65. The Labute approximate surface area is 146 Å². The molecule has 4 rings (SSSR count). The van der Waals surface area contributed by atoms with Crippen LogP contribution in [0.2, 0.25) is 0 Å². The quantitative estimate of drug-likeness (QED) is 0.814. The molecule has 0 saturated carbocycles. The third kappa shape index (κ3) is 3.28. The van der Waals surface area contributed by atoms with Gasteiger partial charge in [0.05, 0.1) is 6.20 Å². The van der Waals surface area contributed by atoms with Crippen LogP contribution in [0.3, 0.4) is 0 Å². The molecule has 3 heterocycles. The lowest BCUT2D eigenvalue weighted by Crippen LogP contribution is -2.43. The van der Waals surface area contributed by atoms with Crippen LogP contribution in [0.1, 0.15) is 18.9 Å². The highest BCUT2D eigenvalue weighted by Crippen LogP contribution is 2.25. The van der Waals surface area contributed by atoms with E-state index in [-0.39, 0.29) is 11.8 Å². The summed E-state index contributed by atoms with van der Waals surface area (Å²) in [5, 5.41) is 10.1. The van der Waals surface area contributed by atoms with Crippen molar-refractivity contribution in [2.45, 2.75) is 18.9 Å². The third-order valence-electron chi connectivity index (χ3n) is 4.81. The number of aromatic nitrogens is 2. The minimum Gasteiger partial charge on any atom is -0.369 e. The Bertz CT molecular complexity index is 777. The Morgan fingerprint density at radius 3 is 2.52 bits per heavy atom. The van der Waals surface area contributed by atoms with E-state index in [1.54, 1.807) is 10.9 Å². The Balaban J connectivity index is 1.50. The number of hydrogen-bond donors (Lipinski definition) is 2. The van der Waals surface area contributed by atoms with Crippen LogP contribution in [-0.4, -0.2) is 47.8 Å². The summed E-state index contributed by atoms with van der Waals surface area (Å²) in [6.45, 7) is 4.07. The van der Waals surface area contributed by atoms with Gasteiger partial charge >= 0.3 is 0 Å². The van der Waals surface area contributed by atoms with Gasteiger partial charge in [-0.15, -0.1) is 0 Å². The highest BCUT2D eigenvalue weighted by molar-refractivity contribution is 5.99. The first-order valence-corrected chi connectivity index (χ1v) is 8.65. The molecule has 2 aliphatic heterocycles. The van der Waals surface area contributed by atoms with Crippen molar-refractivity contribution in [2.24, 2.45) is 0 Å². The van der Waals surface area contributed by atoms with E-state index in [1.165, 1.54) is 5.69 Å². The summed E-state index contributed by atoms with van der Waals surface area (Å²) in [6, 6.07) is 8.02. The number of nitrogens with zero attached hydrogens (tertiary/aromatic N) is 3. The van der Waals surface area contributed by atoms with Gasteiger partial charge in [-0.3, -0.25) is 19.6 Å². The molecular formula is C18H21N5O2. The van der Waals surface area contributed by atoms with Crippen LogP contribution < -0.4 is 15.5 Å². The maximum atomic E-state index is 12.0. The minimum atomic E-state index is -0.411. The Kier molecular flexibility index (Phi) is 4.23. The average Bonchev–Trinajstić information content (AvgIpc) is 3.12. The Hall–Kier alpha value is -2.67. The first-order valence-electron chi connectivity index (χ1n) is 8.65. The van der Waals surface area contributed by atoms with Crippen molar-refractivity contribution in [3.63, 3.8) is 0 Å². The fourth-order valence-electron chi connectivity index (χ4n) is 3.38. The van der Waals surface area contributed by atoms with Gasteiger partial charge in [0.2, 0.25) is 5.91 Å². The van der Waals surface area contributed by atoms with E-state index in [2.05, 4.69) is 44.9 Å². The summed E-state index contributed by atoms with van der Waals surface area (Å²) in [7, 11) is 0. The first kappa shape index (κ1) is 15.8. The van der Waals surface area contributed by atoms with Crippen molar-refractivity contribution in [3.05, 3.63) is 36.7 Å². The molecule has 2 amide bonds. The van der Waals surface area contributed by atoms with E-state index in [0.29, 0.717) is 12.8 Å². The summed E-state index contributed by atoms with van der Waals surface area (Å²) in [5.41, 5.74) is 3.26. The van der Waals surface area contributed by atoms with Gasteiger partial charge < -0.3 is 10.2 Å². The normalized spacial score (nSPS) is 21.3. The lowest BCUT2D eigenvalue weighted by Gasteiger charge is -2.29. The highest BCUT2D eigenvalue weighted by Gasteiger charge is 2.28. The monoisotopic (exact) mass is 339 g/mol. The molecular weight excluding hydrogens is 318 g/mol. The number of benzene rings is 1. The van der Waals surface area contributed by atoms with E-state index >= 15 is 0 Å². The van der Waals surface area contributed by atoms with Crippen molar-refractivity contribution in [1.82, 2.24) is 20.4 Å². The molecule has 1 unspecified atom stereocenters. The molecule has 0 bridgehead atoms. The third-order valence-corrected chi connectivity index (χ3v) is 4.81. The number of amides is 2. The number of nitrogens with one attached hydrogen (secondary N) is 2. The predicted molar refractivity (Wildman–Crippen MR) is 94.2 cm³/mol. The number of piperidine rings is 1. The van der Waals surface area contributed by atoms with Gasteiger partial charge in [0, 0.05) is 50.0 Å². The number of hydrogen-bond acceptors (Lipinski definition) is 5.